The molecule has 0 saturated heterocycles. The fourth-order valence-electron chi connectivity index (χ4n) is 1.36. The zero-order valence-corrected chi connectivity index (χ0v) is 13.9. The van der Waals surface area contributed by atoms with E-state index in [2.05, 4.69) is 35.8 Å². The SMILES string of the molecule is Cc1nnc(NS(=O)(=O)c2cc(CN)sc2Br)nc1C. The van der Waals surface area contributed by atoms with Gasteiger partial charge in [0, 0.05) is 11.4 Å². The van der Waals surface area contributed by atoms with E-state index in [0.717, 1.165) is 4.88 Å². The van der Waals surface area contributed by atoms with Gasteiger partial charge in [-0.2, -0.15) is 5.10 Å². The molecule has 0 radical (unpaired) electrons. The van der Waals surface area contributed by atoms with Crippen molar-refractivity contribution in [3.05, 3.63) is 26.1 Å². The Morgan fingerprint density at radius 1 is 1.35 bits per heavy atom. The minimum Gasteiger partial charge on any atom is -0.326 e. The highest BCUT2D eigenvalue weighted by atomic mass is 79.9. The van der Waals surface area contributed by atoms with E-state index in [1.165, 1.54) is 17.4 Å². The maximum atomic E-state index is 12.3. The Bertz CT molecular complexity index is 744. The van der Waals surface area contributed by atoms with Gasteiger partial charge < -0.3 is 5.73 Å². The predicted molar refractivity (Wildman–Crippen MR) is 80.0 cm³/mol. The Balaban J connectivity index is 2.35. The molecule has 7 nitrogen and oxygen atoms in total. The minimum absolute atomic E-state index is 0.0551. The lowest BCUT2D eigenvalue weighted by molar-refractivity contribution is 0.600. The quantitative estimate of drug-likeness (QED) is 0.836. The van der Waals surface area contributed by atoms with Crippen LogP contribution in [0.3, 0.4) is 0 Å². The summed E-state index contributed by atoms with van der Waals surface area (Å²) < 4.78 is 27.3. The van der Waals surface area contributed by atoms with Gasteiger partial charge in [-0.15, -0.1) is 16.4 Å². The third kappa shape index (κ3) is 3.14. The molecule has 10 heteroatoms. The van der Waals surface area contributed by atoms with E-state index in [1.54, 1.807) is 13.8 Å². The van der Waals surface area contributed by atoms with Gasteiger partial charge in [-0.25, -0.2) is 18.1 Å². The normalized spacial score (nSPS) is 11.6. The van der Waals surface area contributed by atoms with Crippen LogP contribution < -0.4 is 10.5 Å². The molecule has 20 heavy (non-hydrogen) atoms. The molecule has 2 aromatic rings. The standard InChI is InChI=1S/C10H12BrN5O2S2/c1-5-6(2)14-15-10(13-5)16-20(17,18)8-3-7(4-12)19-9(8)11/h3H,4,12H2,1-2H3,(H,13,15,16). The molecule has 0 saturated carbocycles. The van der Waals surface area contributed by atoms with Crippen LogP contribution in [-0.4, -0.2) is 23.6 Å². The second kappa shape index (κ2) is 5.72. The first-order valence-corrected chi connectivity index (χ1v) is 8.62. The van der Waals surface area contributed by atoms with Gasteiger partial charge in [0.1, 0.15) is 4.90 Å². The van der Waals surface area contributed by atoms with Gasteiger partial charge in [-0.05, 0) is 35.8 Å². The molecule has 0 atom stereocenters. The van der Waals surface area contributed by atoms with Crippen LogP contribution in [0, 0.1) is 13.8 Å². The monoisotopic (exact) mass is 377 g/mol. The number of aromatic nitrogens is 3. The number of anilines is 1. The summed E-state index contributed by atoms with van der Waals surface area (Å²) in [5.74, 6) is -0.0551. The third-order valence-corrected chi connectivity index (χ3v) is 6.12. The third-order valence-electron chi connectivity index (χ3n) is 2.51. The van der Waals surface area contributed by atoms with Crippen LogP contribution in [0.4, 0.5) is 5.95 Å². The lowest BCUT2D eigenvalue weighted by Crippen LogP contribution is -2.16. The molecule has 2 heterocycles. The highest BCUT2D eigenvalue weighted by molar-refractivity contribution is 9.11. The van der Waals surface area contributed by atoms with Crippen molar-refractivity contribution >= 4 is 43.2 Å². The molecule has 2 aromatic heterocycles. The smallest absolute Gasteiger partial charge is 0.266 e. The molecular weight excluding hydrogens is 366 g/mol. The number of halogens is 1. The summed E-state index contributed by atoms with van der Waals surface area (Å²) in [6.45, 7) is 3.76. The molecule has 0 bridgehead atoms. The number of nitrogens with one attached hydrogen (secondary N) is 1. The first-order chi connectivity index (χ1) is 9.33. The maximum absolute atomic E-state index is 12.3. The van der Waals surface area contributed by atoms with Crippen LogP contribution in [0.1, 0.15) is 16.3 Å². The van der Waals surface area contributed by atoms with Crippen molar-refractivity contribution in [1.82, 2.24) is 15.2 Å². The Kier molecular flexibility index (Phi) is 4.37. The fourth-order valence-corrected chi connectivity index (χ4v) is 4.86. The average molecular weight is 378 g/mol. The number of nitrogens with zero attached hydrogens (tertiary/aromatic N) is 3. The van der Waals surface area contributed by atoms with Crippen molar-refractivity contribution in [3.8, 4) is 0 Å². The average Bonchev–Trinajstić information content (AvgIpc) is 2.76. The van der Waals surface area contributed by atoms with Gasteiger partial charge in [0.2, 0.25) is 0 Å². The summed E-state index contributed by atoms with van der Waals surface area (Å²) in [5.41, 5.74) is 6.77. The van der Waals surface area contributed by atoms with E-state index in [1.807, 2.05) is 0 Å². The molecule has 0 unspecified atom stereocenters. The van der Waals surface area contributed by atoms with Crippen LogP contribution in [0.5, 0.6) is 0 Å². The number of sulfonamides is 1. The zero-order chi connectivity index (χ0) is 14.9. The molecule has 0 spiro atoms. The molecule has 0 aliphatic carbocycles. The van der Waals surface area contributed by atoms with E-state index >= 15 is 0 Å². The van der Waals surface area contributed by atoms with E-state index in [-0.39, 0.29) is 17.4 Å². The molecule has 0 aliphatic rings. The Labute approximate surface area is 128 Å². The van der Waals surface area contributed by atoms with E-state index in [0.29, 0.717) is 15.2 Å². The van der Waals surface area contributed by atoms with Gasteiger partial charge in [-0.1, -0.05) is 0 Å². The van der Waals surface area contributed by atoms with Gasteiger partial charge in [0.15, 0.2) is 0 Å². The summed E-state index contributed by atoms with van der Waals surface area (Å²) in [5, 5.41) is 7.55. The van der Waals surface area contributed by atoms with Crippen molar-refractivity contribution < 1.29 is 8.42 Å². The second-order valence-corrected chi connectivity index (χ2v) is 8.07. The second-order valence-electron chi connectivity index (χ2n) is 3.97. The van der Waals surface area contributed by atoms with E-state index < -0.39 is 10.0 Å². The number of aryl methyl sites for hydroxylation is 2. The van der Waals surface area contributed by atoms with Gasteiger partial charge in [0.25, 0.3) is 16.0 Å². The Hall–Kier alpha value is -1.10. The molecule has 0 aromatic carbocycles. The van der Waals surface area contributed by atoms with Crippen molar-refractivity contribution in [2.24, 2.45) is 5.73 Å². The highest BCUT2D eigenvalue weighted by Gasteiger charge is 2.22. The Morgan fingerprint density at radius 2 is 2.05 bits per heavy atom. The lowest BCUT2D eigenvalue weighted by Gasteiger charge is -2.06. The summed E-state index contributed by atoms with van der Waals surface area (Å²) in [7, 11) is -3.77. The van der Waals surface area contributed by atoms with Gasteiger partial charge in [0.05, 0.1) is 15.2 Å². The van der Waals surface area contributed by atoms with Crippen LogP contribution in [-0.2, 0) is 16.6 Å². The molecule has 2 rings (SSSR count). The van der Waals surface area contributed by atoms with Crippen molar-refractivity contribution in [2.75, 3.05) is 4.72 Å². The molecule has 0 amide bonds. The van der Waals surface area contributed by atoms with Crippen molar-refractivity contribution in [1.29, 1.82) is 0 Å². The minimum atomic E-state index is -3.77. The molecule has 0 aliphatic heterocycles. The predicted octanol–water partition coefficient (Wildman–Crippen LogP) is 1.57. The fraction of sp³-hybridized carbons (Fsp3) is 0.300. The van der Waals surface area contributed by atoms with Crippen LogP contribution in [0.25, 0.3) is 0 Å². The summed E-state index contributed by atoms with van der Waals surface area (Å²) in [6.07, 6.45) is 0. The van der Waals surface area contributed by atoms with Crippen molar-refractivity contribution in [2.45, 2.75) is 25.3 Å². The van der Waals surface area contributed by atoms with Crippen LogP contribution in [0.2, 0.25) is 0 Å². The molecule has 0 fully saturated rings. The zero-order valence-electron chi connectivity index (χ0n) is 10.7. The topological polar surface area (TPSA) is 111 Å². The van der Waals surface area contributed by atoms with Crippen molar-refractivity contribution in [3.63, 3.8) is 0 Å². The summed E-state index contributed by atoms with van der Waals surface area (Å²) in [4.78, 5) is 4.92. The highest BCUT2D eigenvalue weighted by Crippen LogP contribution is 2.32. The Morgan fingerprint density at radius 3 is 2.60 bits per heavy atom. The maximum Gasteiger partial charge on any atom is 0.266 e. The largest absolute Gasteiger partial charge is 0.326 e. The lowest BCUT2D eigenvalue weighted by atomic mass is 10.4. The number of hydrogen-bond acceptors (Lipinski definition) is 7. The van der Waals surface area contributed by atoms with Gasteiger partial charge in [-0.3, -0.25) is 0 Å². The first kappa shape index (κ1) is 15.3. The number of rotatable bonds is 4. The molecule has 108 valence electrons. The van der Waals surface area contributed by atoms with Gasteiger partial charge >= 0.3 is 0 Å². The summed E-state index contributed by atoms with van der Waals surface area (Å²) in [6, 6.07) is 1.52. The van der Waals surface area contributed by atoms with E-state index in [9.17, 15) is 8.42 Å². The van der Waals surface area contributed by atoms with Crippen LogP contribution in [0.15, 0.2) is 14.7 Å². The molecule has 3 N–H and O–H groups in total. The first-order valence-electron chi connectivity index (χ1n) is 5.52. The number of nitrogens with two attached hydrogens (primary N) is 1. The summed E-state index contributed by atoms with van der Waals surface area (Å²) >= 11 is 4.49. The van der Waals surface area contributed by atoms with E-state index in [4.69, 9.17) is 5.73 Å². The molecular formula is C10H12BrN5O2S2. The number of hydrogen-bond donors (Lipinski definition) is 2. The van der Waals surface area contributed by atoms with Crippen LogP contribution >= 0.6 is 27.3 Å². The number of thiophene rings is 1.